The van der Waals surface area contributed by atoms with Gasteiger partial charge in [-0.05, 0) is 108 Å². The highest BCUT2D eigenvalue weighted by molar-refractivity contribution is 5.97. The summed E-state index contributed by atoms with van der Waals surface area (Å²) in [5.41, 5.74) is 18.4. The van der Waals surface area contributed by atoms with Crippen LogP contribution in [0, 0.1) is 0 Å². The zero-order valence-corrected chi connectivity index (χ0v) is 31.7. The average molecular weight is 716 g/mol. The molecule has 0 spiro atoms. The topological polar surface area (TPSA) is 3.24 Å². The van der Waals surface area contributed by atoms with Gasteiger partial charge in [-0.15, -0.1) is 0 Å². The largest absolute Gasteiger partial charge is 0.310 e. The molecule has 0 fully saturated rings. The Kier molecular flexibility index (Phi) is 8.23. The van der Waals surface area contributed by atoms with Crippen LogP contribution in [0.2, 0.25) is 0 Å². The van der Waals surface area contributed by atoms with Crippen molar-refractivity contribution < 1.29 is 0 Å². The van der Waals surface area contributed by atoms with E-state index in [9.17, 15) is 0 Å². The van der Waals surface area contributed by atoms with Gasteiger partial charge in [-0.2, -0.15) is 0 Å². The molecule has 0 unspecified atom stereocenters. The predicted molar refractivity (Wildman–Crippen MR) is 238 cm³/mol. The number of hydrogen-bond acceptors (Lipinski definition) is 1. The molecule has 0 amide bonds. The Labute approximate surface area is 329 Å². The molecule has 0 N–H and O–H groups in total. The number of benzene rings is 9. The van der Waals surface area contributed by atoms with Gasteiger partial charge in [-0.1, -0.05) is 190 Å². The van der Waals surface area contributed by atoms with Crippen molar-refractivity contribution >= 4 is 27.8 Å². The monoisotopic (exact) mass is 715 g/mol. The summed E-state index contributed by atoms with van der Waals surface area (Å²) in [6, 6.07) is 77.5. The molecule has 0 saturated heterocycles. The van der Waals surface area contributed by atoms with E-state index in [0.717, 1.165) is 17.1 Å². The Balaban J connectivity index is 1.09. The number of nitrogens with zero attached hydrogens (tertiary/aromatic N) is 1. The fourth-order valence-electron chi connectivity index (χ4n) is 9.00. The third-order valence-corrected chi connectivity index (χ3v) is 11.6. The molecule has 1 aliphatic rings. The molecule has 1 nitrogen and oxygen atoms in total. The molecule has 0 bridgehead atoms. The first kappa shape index (κ1) is 33.6. The summed E-state index contributed by atoms with van der Waals surface area (Å²) in [5.74, 6) is 0. The summed E-state index contributed by atoms with van der Waals surface area (Å²) < 4.78 is 0. The van der Waals surface area contributed by atoms with Crippen LogP contribution in [0.3, 0.4) is 0 Å². The first-order valence-corrected chi connectivity index (χ1v) is 19.5. The number of rotatable bonds is 7. The van der Waals surface area contributed by atoms with Gasteiger partial charge in [0.1, 0.15) is 0 Å². The fourth-order valence-corrected chi connectivity index (χ4v) is 9.00. The maximum Gasteiger partial charge on any atom is 0.0540 e. The van der Waals surface area contributed by atoms with Gasteiger partial charge in [-0.25, -0.2) is 0 Å². The molecule has 0 aliphatic heterocycles. The Morgan fingerprint density at radius 3 is 1.75 bits per heavy atom. The van der Waals surface area contributed by atoms with Crippen molar-refractivity contribution in [3.05, 3.63) is 223 Å². The molecule has 1 aliphatic carbocycles. The molecule has 9 aromatic carbocycles. The minimum absolute atomic E-state index is 0.0901. The lowest BCUT2D eigenvalue weighted by Crippen LogP contribution is -2.16. The highest BCUT2D eigenvalue weighted by Crippen LogP contribution is 2.52. The molecule has 0 atom stereocenters. The van der Waals surface area contributed by atoms with Gasteiger partial charge in [0.25, 0.3) is 0 Å². The van der Waals surface area contributed by atoms with E-state index < -0.39 is 0 Å². The van der Waals surface area contributed by atoms with Crippen LogP contribution in [0.1, 0.15) is 25.0 Å². The van der Waals surface area contributed by atoms with Crippen LogP contribution < -0.4 is 4.90 Å². The number of fused-ring (bicyclic) bond motifs is 4. The van der Waals surface area contributed by atoms with E-state index in [2.05, 4.69) is 231 Å². The summed E-state index contributed by atoms with van der Waals surface area (Å²) in [5, 5.41) is 2.52. The molecule has 0 heterocycles. The molecule has 266 valence electrons. The summed E-state index contributed by atoms with van der Waals surface area (Å²) in [6.45, 7) is 4.73. The highest BCUT2D eigenvalue weighted by atomic mass is 15.1. The Morgan fingerprint density at radius 1 is 0.339 bits per heavy atom. The molecule has 56 heavy (non-hydrogen) atoms. The number of anilines is 3. The van der Waals surface area contributed by atoms with E-state index >= 15 is 0 Å². The molecular weight excluding hydrogens is 675 g/mol. The van der Waals surface area contributed by atoms with Crippen molar-refractivity contribution in [1.29, 1.82) is 0 Å². The van der Waals surface area contributed by atoms with Crippen LogP contribution in [0.15, 0.2) is 212 Å². The smallest absolute Gasteiger partial charge is 0.0540 e. The van der Waals surface area contributed by atoms with Gasteiger partial charge in [0, 0.05) is 22.4 Å². The summed E-state index contributed by atoms with van der Waals surface area (Å²) >= 11 is 0. The number of hydrogen-bond donors (Lipinski definition) is 0. The van der Waals surface area contributed by atoms with Crippen molar-refractivity contribution in [2.24, 2.45) is 0 Å². The zero-order valence-electron chi connectivity index (χ0n) is 31.7. The maximum absolute atomic E-state index is 2.42. The molecule has 10 rings (SSSR count). The minimum Gasteiger partial charge on any atom is -0.310 e. The van der Waals surface area contributed by atoms with E-state index in [-0.39, 0.29) is 5.41 Å². The van der Waals surface area contributed by atoms with Crippen LogP contribution in [0.25, 0.3) is 66.4 Å². The van der Waals surface area contributed by atoms with Gasteiger partial charge < -0.3 is 4.90 Å². The van der Waals surface area contributed by atoms with Crippen LogP contribution in [0.5, 0.6) is 0 Å². The molecule has 0 radical (unpaired) electrons. The zero-order chi connectivity index (χ0) is 37.6. The Morgan fingerprint density at radius 2 is 0.893 bits per heavy atom. The highest BCUT2D eigenvalue weighted by Gasteiger charge is 2.37. The molecule has 9 aromatic rings. The van der Waals surface area contributed by atoms with Crippen LogP contribution in [-0.4, -0.2) is 0 Å². The van der Waals surface area contributed by atoms with Crippen LogP contribution >= 0.6 is 0 Å². The SMILES string of the molecule is CC1(C)c2ccccc2-c2cccc(-c3ccc(N(c4cccc(-c5cccc(-c6cccc7ccccc67)c5)c4)c4ccccc4-c4ccccc4)cc3)c21. The lowest BCUT2D eigenvalue weighted by Gasteiger charge is -2.29. The maximum atomic E-state index is 2.42. The van der Waals surface area contributed by atoms with Crippen molar-refractivity contribution in [2.45, 2.75) is 19.3 Å². The van der Waals surface area contributed by atoms with Gasteiger partial charge >= 0.3 is 0 Å². The average Bonchev–Trinajstić information content (AvgIpc) is 3.50. The van der Waals surface area contributed by atoms with Gasteiger partial charge in [0.2, 0.25) is 0 Å². The standard InChI is InChI=1S/C55H41N/c1-55(2)52-30-10-8-26-50(52)51-29-15-28-49(54(51)55)40-32-34-44(35-33-40)56(53-31-11-9-25-48(53)39-16-4-3-5-17-39)45-23-13-21-42(37-45)41-20-12-22-43(36-41)47-27-14-19-38-18-6-7-24-46(38)47/h3-37H,1-2H3. The van der Waals surface area contributed by atoms with Crippen molar-refractivity contribution in [1.82, 2.24) is 0 Å². The lowest BCUT2D eigenvalue weighted by atomic mass is 9.79. The van der Waals surface area contributed by atoms with Crippen molar-refractivity contribution in [3.8, 4) is 55.6 Å². The molecule has 0 aromatic heterocycles. The van der Waals surface area contributed by atoms with Gasteiger partial charge in [0.05, 0.1) is 5.69 Å². The lowest BCUT2D eigenvalue weighted by molar-refractivity contribution is 0.662. The van der Waals surface area contributed by atoms with E-state index in [4.69, 9.17) is 0 Å². The van der Waals surface area contributed by atoms with E-state index in [0.29, 0.717) is 0 Å². The second-order valence-corrected chi connectivity index (χ2v) is 15.3. The summed E-state index contributed by atoms with van der Waals surface area (Å²) in [4.78, 5) is 2.42. The van der Waals surface area contributed by atoms with E-state index in [1.807, 2.05) is 0 Å². The molecule has 1 heteroatoms. The fraction of sp³-hybridized carbons (Fsp3) is 0.0545. The van der Waals surface area contributed by atoms with E-state index in [1.54, 1.807) is 0 Å². The van der Waals surface area contributed by atoms with Crippen LogP contribution in [0.4, 0.5) is 17.1 Å². The van der Waals surface area contributed by atoms with Crippen LogP contribution in [-0.2, 0) is 5.41 Å². The molecular formula is C55H41N. The Bertz CT molecular complexity index is 2880. The normalized spacial score (nSPS) is 12.6. The van der Waals surface area contributed by atoms with Gasteiger partial charge in [0.15, 0.2) is 0 Å². The minimum atomic E-state index is -0.0901. The first-order chi connectivity index (χ1) is 27.5. The second kappa shape index (κ2) is 13.7. The van der Waals surface area contributed by atoms with Crippen molar-refractivity contribution in [3.63, 3.8) is 0 Å². The summed E-state index contributed by atoms with van der Waals surface area (Å²) in [7, 11) is 0. The van der Waals surface area contributed by atoms with Gasteiger partial charge in [-0.3, -0.25) is 0 Å². The van der Waals surface area contributed by atoms with E-state index in [1.165, 1.54) is 77.5 Å². The first-order valence-electron chi connectivity index (χ1n) is 19.5. The second-order valence-electron chi connectivity index (χ2n) is 15.3. The number of para-hydroxylation sites is 1. The quantitative estimate of drug-likeness (QED) is 0.159. The third-order valence-electron chi connectivity index (χ3n) is 11.6. The Hall–Kier alpha value is -6.96. The predicted octanol–water partition coefficient (Wildman–Crippen LogP) is 15.3. The summed E-state index contributed by atoms with van der Waals surface area (Å²) in [6.07, 6.45) is 0. The third kappa shape index (κ3) is 5.72. The van der Waals surface area contributed by atoms with Crippen molar-refractivity contribution in [2.75, 3.05) is 4.90 Å². The molecule has 0 saturated carbocycles.